The molecule has 7 nitrogen and oxygen atoms in total. The maximum Gasteiger partial charge on any atom is 0.254 e. The van der Waals surface area contributed by atoms with Crippen LogP contribution in [0.4, 0.5) is 5.69 Å². The second kappa shape index (κ2) is 8.21. The van der Waals surface area contributed by atoms with E-state index in [9.17, 15) is 9.59 Å². The van der Waals surface area contributed by atoms with E-state index in [4.69, 9.17) is 14.2 Å². The number of piperazine rings is 1. The van der Waals surface area contributed by atoms with E-state index in [1.165, 1.54) is 0 Å². The fraction of sp³-hybridized carbons (Fsp3) is 0.333. The summed E-state index contributed by atoms with van der Waals surface area (Å²) in [4.78, 5) is 29.1. The van der Waals surface area contributed by atoms with Crippen LogP contribution in [0.15, 0.2) is 42.5 Å². The SMILES string of the molecule is COc1ccc(C(=O)N2CCN(c3ccc(OC)c(OC)c3)C(=O)C2C)cc1. The molecule has 7 heteroatoms. The Labute approximate surface area is 164 Å². The van der Waals surface area contributed by atoms with Crippen LogP contribution in [0, 0.1) is 0 Å². The van der Waals surface area contributed by atoms with Gasteiger partial charge in [-0.15, -0.1) is 0 Å². The maximum atomic E-state index is 13.0. The van der Waals surface area contributed by atoms with Crippen LogP contribution in [0.25, 0.3) is 0 Å². The third kappa shape index (κ3) is 3.60. The first-order chi connectivity index (χ1) is 13.5. The van der Waals surface area contributed by atoms with Crippen LogP contribution in [0.3, 0.4) is 0 Å². The first kappa shape index (κ1) is 19.5. The standard InChI is InChI=1S/C21H24N2O5/c1-14-20(24)23(16-7-10-18(27-3)19(13-16)28-4)12-11-22(14)21(25)15-5-8-17(26-2)9-6-15/h5-10,13-14H,11-12H2,1-4H3. The summed E-state index contributed by atoms with van der Waals surface area (Å²) in [5.41, 5.74) is 1.24. The smallest absolute Gasteiger partial charge is 0.254 e. The first-order valence-corrected chi connectivity index (χ1v) is 8.98. The Morgan fingerprint density at radius 1 is 0.929 bits per heavy atom. The summed E-state index contributed by atoms with van der Waals surface area (Å²) in [6.07, 6.45) is 0. The number of anilines is 1. The lowest BCUT2D eigenvalue weighted by atomic mass is 10.1. The number of carbonyl (C=O) groups excluding carboxylic acids is 2. The van der Waals surface area contributed by atoms with E-state index in [-0.39, 0.29) is 11.8 Å². The molecule has 2 amide bonds. The Morgan fingerprint density at radius 3 is 2.21 bits per heavy atom. The van der Waals surface area contributed by atoms with Crippen molar-refractivity contribution in [2.75, 3.05) is 39.3 Å². The van der Waals surface area contributed by atoms with Gasteiger partial charge in [0.1, 0.15) is 11.8 Å². The lowest BCUT2D eigenvalue weighted by Gasteiger charge is -2.39. The highest BCUT2D eigenvalue weighted by atomic mass is 16.5. The Morgan fingerprint density at radius 2 is 1.61 bits per heavy atom. The average molecular weight is 384 g/mol. The predicted molar refractivity (Wildman–Crippen MR) is 105 cm³/mol. The fourth-order valence-electron chi connectivity index (χ4n) is 3.30. The highest BCUT2D eigenvalue weighted by Crippen LogP contribution is 2.32. The molecule has 0 spiro atoms. The summed E-state index contributed by atoms with van der Waals surface area (Å²) in [7, 11) is 4.69. The molecule has 1 aliphatic rings. The van der Waals surface area contributed by atoms with Crippen molar-refractivity contribution >= 4 is 17.5 Å². The van der Waals surface area contributed by atoms with Gasteiger partial charge in [-0.3, -0.25) is 9.59 Å². The quantitative estimate of drug-likeness (QED) is 0.793. The molecule has 0 aliphatic carbocycles. The largest absolute Gasteiger partial charge is 0.497 e. The van der Waals surface area contributed by atoms with Crippen molar-refractivity contribution in [1.82, 2.24) is 4.90 Å². The van der Waals surface area contributed by atoms with Crippen LogP contribution in [0.2, 0.25) is 0 Å². The number of rotatable bonds is 5. The molecule has 1 aliphatic heterocycles. The van der Waals surface area contributed by atoms with E-state index < -0.39 is 6.04 Å². The average Bonchev–Trinajstić information content (AvgIpc) is 2.74. The highest BCUT2D eigenvalue weighted by Gasteiger charge is 2.35. The lowest BCUT2D eigenvalue weighted by Crippen LogP contribution is -2.57. The van der Waals surface area contributed by atoms with Crippen LogP contribution >= 0.6 is 0 Å². The molecule has 1 heterocycles. The second-order valence-electron chi connectivity index (χ2n) is 6.43. The Balaban J connectivity index is 1.78. The number of hydrogen-bond donors (Lipinski definition) is 0. The van der Waals surface area contributed by atoms with E-state index in [1.807, 2.05) is 6.07 Å². The molecule has 1 saturated heterocycles. The zero-order valence-electron chi connectivity index (χ0n) is 16.5. The van der Waals surface area contributed by atoms with E-state index in [1.54, 1.807) is 74.5 Å². The summed E-state index contributed by atoms with van der Waals surface area (Å²) < 4.78 is 15.7. The molecular weight excluding hydrogens is 360 g/mol. The maximum absolute atomic E-state index is 13.0. The number of methoxy groups -OCH3 is 3. The molecule has 2 aromatic rings. The number of carbonyl (C=O) groups is 2. The monoisotopic (exact) mass is 384 g/mol. The van der Waals surface area contributed by atoms with Gasteiger partial charge < -0.3 is 24.0 Å². The molecule has 28 heavy (non-hydrogen) atoms. The summed E-state index contributed by atoms with van der Waals surface area (Å²) in [6, 6.07) is 11.7. The molecule has 0 saturated carbocycles. The molecular formula is C21H24N2O5. The molecule has 1 unspecified atom stereocenters. The van der Waals surface area contributed by atoms with Gasteiger partial charge in [-0.1, -0.05) is 0 Å². The van der Waals surface area contributed by atoms with Gasteiger partial charge >= 0.3 is 0 Å². The molecule has 1 fully saturated rings. The third-order valence-electron chi connectivity index (χ3n) is 4.93. The number of ether oxygens (including phenoxy) is 3. The Bertz CT molecular complexity index is 866. The van der Waals surface area contributed by atoms with Crippen molar-refractivity contribution in [3.05, 3.63) is 48.0 Å². The zero-order valence-corrected chi connectivity index (χ0v) is 16.5. The van der Waals surface area contributed by atoms with E-state index in [0.29, 0.717) is 41.6 Å². The van der Waals surface area contributed by atoms with Gasteiger partial charge in [0, 0.05) is 30.4 Å². The molecule has 0 aromatic heterocycles. The zero-order chi connectivity index (χ0) is 20.3. The minimum Gasteiger partial charge on any atom is -0.497 e. The van der Waals surface area contributed by atoms with Gasteiger partial charge in [0.15, 0.2) is 11.5 Å². The molecule has 0 radical (unpaired) electrons. The van der Waals surface area contributed by atoms with Crippen molar-refractivity contribution in [2.45, 2.75) is 13.0 Å². The van der Waals surface area contributed by atoms with Crippen molar-refractivity contribution < 1.29 is 23.8 Å². The van der Waals surface area contributed by atoms with Crippen LogP contribution in [0.1, 0.15) is 17.3 Å². The number of hydrogen-bond acceptors (Lipinski definition) is 5. The predicted octanol–water partition coefficient (Wildman–Crippen LogP) is 2.59. The molecule has 3 rings (SSSR count). The Kier molecular flexibility index (Phi) is 5.73. The summed E-state index contributed by atoms with van der Waals surface area (Å²) >= 11 is 0. The van der Waals surface area contributed by atoms with Gasteiger partial charge in [-0.25, -0.2) is 0 Å². The molecule has 2 aromatic carbocycles. The molecule has 1 atom stereocenters. The Hall–Kier alpha value is -3.22. The fourth-order valence-corrected chi connectivity index (χ4v) is 3.30. The van der Waals surface area contributed by atoms with Gasteiger partial charge in [0.2, 0.25) is 5.91 Å². The summed E-state index contributed by atoms with van der Waals surface area (Å²) in [5, 5.41) is 0. The lowest BCUT2D eigenvalue weighted by molar-refractivity contribution is -0.124. The number of nitrogens with zero attached hydrogens (tertiary/aromatic N) is 2. The van der Waals surface area contributed by atoms with Gasteiger partial charge in [0.05, 0.1) is 21.3 Å². The van der Waals surface area contributed by atoms with Crippen molar-refractivity contribution in [1.29, 1.82) is 0 Å². The minimum absolute atomic E-state index is 0.139. The van der Waals surface area contributed by atoms with Crippen LogP contribution < -0.4 is 19.1 Å². The van der Waals surface area contributed by atoms with E-state index in [0.717, 1.165) is 0 Å². The van der Waals surface area contributed by atoms with Crippen LogP contribution in [-0.2, 0) is 4.79 Å². The van der Waals surface area contributed by atoms with Crippen molar-refractivity contribution in [3.8, 4) is 17.2 Å². The molecule has 0 bridgehead atoms. The van der Waals surface area contributed by atoms with Gasteiger partial charge in [-0.05, 0) is 43.3 Å². The van der Waals surface area contributed by atoms with Crippen LogP contribution in [-0.4, -0.2) is 57.2 Å². The first-order valence-electron chi connectivity index (χ1n) is 8.98. The minimum atomic E-state index is -0.573. The van der Waals surface area contributed by atoms with E-state index >= 15 is 0 Å². The second-order valence-corrected chi connectivity index (χ2v) is 6.43. The number of benzene rings is 2. The van der Waals surface area contributed by atoms with Crippen molar-refractivity contribution in [3.63, 3.8) is 0 Å². The van der Waals surface area contributed by atoms with E-state index in [2.05, 4.69) is 0 Å². The highest BCUT2D eigenvalue weighted by molar-refractivity contribution is 6.03. The molecule has 148 valence electrons. The third-order valence-corrected chi connectivity index (χ3v) is 4.93. The van der Waals surface area contributed by atoms with Crippen LogP contribution in [0.5, 0.6) is 17.2 Å². The molecule has 0 N–H and O–H groups in total. The number of amides is 2. The van der Waals surface area contributed by atoms with Crippen molar-refractivity contribution in [2.24, 2.45) is 0 Å². The van der Waals surface area contributed by atoms with Gasteiger partial charge in [-0.2, -0.15) is 0 Å². The summed E-state index contributed by atoms with van der Waals surface area (Å²) in [5.74, 6) is 1.52. The summed E-state index contributed by atoms with van der Waals surface area (Å²) in [6.45, 7) is 2.59. The van der Waals surface area contributed by atoms with Gasteiger partial charge in [0.25, 0.3) is 5.91 Å². The normalized spacial score (nSPS) is 16.7. The topological polar surface area (TPSA) is 68.3 Å².